The van der Waals surface area contributed by atoms with Gasteiger partial charge in [0.15, 0.2) is 0 Å². The summed E-state index contributed by atoms with van der Waals surface area (Å²) in [5.41, 5.74) is 0. The highest BCUT2D eigenvalue weighted by atomic mass is 19.4. The third-order valence-corrected chi connectivity index (χ3v) is 2.28. The Kier molecular flexibility index (Phi) is 2.42. The van der Waals surface area contributed by atoms with Crippen LogP contribution in [-0.2, 0) is 0 Å². The minimum absolute atomic E-state index is 0.181. The Morgan fingerprint density at radius 1 is 1.36 bits per heavy atom. The van der Waals surface area contributed by atoms with Crippen molar-refractivity contribution < 1.29 is 13.2 Å². The van der Waals surface area contributed by atoms with E-state index in [-0.39, 0.29) is 5.92 Å². The molecule has 0 amide bonds. The van der Waals surface area contributed by atoms with Crippen LogP contribution in [0.5, 0.6) is 0 Å². The van der Waals surface area contributed by atoms with Crippen molar-refractivity contribution >= 4 is 0 Å². The smallest absolute Gasteiger partial charge is 0.309 e. The summed E-state index contributed by atoms with van der Waals surface area (Å²) in [5.74, 6) is -0.181. The molecule has 0 aliphatic heterocycles. The van der Waals surface area contributed by atoms with Gasteiger partial charge in [-0.05, 0) is 25.8 Å². The molecule has 0 heterocycles. The van der Waals surface area contributed by atoms with E-state index in [0.29, 0.717) is 12.8 Å². The van der Waals surface area contributed by atoms with E-state index in [0.717, 1.165) is 6.42 Å². The van der Waals surface area contributed by atoms with E-state index >= 15 is 0 Å². The number of alkyl halides is 3. The van der Waals surface area contributed by atoms with E-state index in [1.54, 1.807) is 0 Å². The lowest BCUT2D eigenvalue weighted by Gasteiger charge is -2.34. The molecule has 66 valence electrons. The van der Waals surface area contributed by atoms with Gasteiger partial charge in [-0.25, -0.2) is 0 Å². The van der Waals surface area contributed by atoms with Crippen LogP contribution in [0.2, 0.25) is 0 Å². The first-order chi connectivity index (χ1) is 5.05. The third kappa shape index (κ3) is 1.86. The molecule has 1 nitrogen and oxygen atoms in total. The van der Waals surface area contributed by atoms with Crippen molar-refractivity contribution in [1.29, 1.82) is 0 Å². The molecule has 0 aromatic rings. The summed E-state index contributed by atoms with van der Waals surface area (Å²) in [6.45, 7) is 0. The molecular weight excluding hydrogens is 155 g/mol. The lowest BCUT2D eigenvalue weighted by Crippen LogP contribution is -2.48. The predicted molar refractivity (Wildman–Crippen MR) is 36.2 cm³/mol. The van der Waals surface area contributed by atoms with Crippen molar-refractivity contribution in [3.63, 3.8) is 0 Å². The lowest BCUT2D eigenvalue weighted by atomic mass is 9.79. The fraction of sp³-hybridized carbons (Fsp3) is 1.00. The molecule has 1 aliphatic carbocycles. The van der Waals surface area contributed by atoms with Crippen molar-refractivity contribution in [1.82, 2.24) is 5.32 Å². The van der Waals surface area contributed by atoms with Crippen LogP contribution in [0.25, 0.3) is 0 Å². The standard InChI is InChI=1S/C7H12F3N/c1-11-6(7(8,9)10)5-3-2-4-5/h5-6,11H,2-4H2,1H3. The monoisotopic (exact) mass is 167 g/mol. The Balaban J connectivity index is 2.48. The average Bonchev–Trinajstić information content (AvgIpc) is 1.74. The van der Waals surface area contributed by atoms with Gasteiger partial charge in [-0.2, -0.15) is 13.2 Å². The van der Waals surface area contributed by atoms with Crippen molar-refractivity contribution in [3.05, 3.63) is 0 Å². The molecule has 1 atom stereocenters. The first-order valence-electron chi connectivity index (χ1n) is 3.79. The maximum atomic E-state index is 12.1. The van der Waals surface area contributed by atoms with Crippen LogP contribution < -0.4 is 5.32 Å². The summed E-state index contributed by atoms with van der Waals surface area (Å²) in [6, 6.07) is -1.28. The highest BCUT2D eigenvalue weighted by Gasteiger charge is 2.45. The number of rotatable bonds is 2. The van der Waals surface area contributed by atoms with E-state index < -0.39 is 12.2 Å². The fourth-order valence-electron chi connectivity index (χ4n) is 1.44. The molecule has 1 saturated carbocycles. The molecule has 0 aromatic carbocycles. The maximum Gasteiger partial charge on any atom is 0.404 e. The molecule has 11 heavy (non-hydrogen) atoms. The van der Waals surface area contributed by atoms with Crippen molar-refractivity contribution in [3.8, 4) is 0 Å². The zero-order chi connectivity index (χ0) is 8.48. The Bertz CT molecular complexity index is 128. The Labute approximate surface area is 64.0 Å². The second-order valence-corrected chi connectivity index (χ2v) is 3.00. The summed E-state index contributed by atoms with van der Waals surface area (Å²) in [5, 5.41) is 2.32. The predicted octanol–water partition coefficient (Wildman–Crippen LogP) is 1.94. The van der Waals surface area contributed by atoms with Gasteiger partial charge in [0.1, 0.15) is 6.04 Å². The van der Waals surface area contributed by atoms with Crippen LogP contribution in [0.15, 0.2) is 0 Å². The van der Waals surface area contributed by atoms with Gasteiger partial charge in [0.05, 0.1) is 0 Å². The van der Waals surface area contributed by atoms with Gasteiger partial charge >= 0.3 is 6.18 Å². The van der Waals surface area contributed by atoms with Gasteiger partial charge in [-0.3, -0.25) is 0 Å². The summed E-state index contributed by atoms with van der Waals surface area (Å²) in [4.78, 5) is 0. The van der Waals surface area contributed by atoms with Crippen LogP contribution in [-0.4, -0.2) is 19.3 Å². The van der Waals surface area contributed by atoms with Crippen LogP contribution in [0.3, 0.4) is 0 Å². The number of hydrogen-bond donors (Lipinski definition) is 1. The van der Waals surface area contributed by atoms with E-state index in [1.807, 2.05) is 0 Å². The summed E-state index contributed by atoms with van der Waals surface area (Å²) in [7, 11) is 1.37. The van der Waals surface area contributed by atoms with Gasteiger partial charge in [-0.15, -0.1) is 0 Å². The zero-order valence-corrected chi connectivity index (χ0v) is 6.41. The largest absolute Gasteiger partial charge is 0.404 e. The second-order valence-electron chi connectivity index (χ2n) is 3.00. The van der Waals surface area contributed by atoms with Crippen LogP contribution in [0, 0.1) is 5.92 Å². The Morgan fingerprint density at radius 3 is 2.00 bits per heavy atom. The molecule has 1 aliphatic rings. The lowest BCUT2D eigenvalue weighted by molar-refractivity contribution is -0.172. The molecule has 1 rings (SSSR count). The fourth-order valence-corrected chi connectivity index (χ4v) is 1.44. The van der Waals surface area contributed by atoms with Crippen molar-refractivity contribution in [2.75, 3.05) is 7.05 Å². The van der Waals surface area contributed by atoms with Crippen LogP contribution >= 0.6 is 0 Å². The molecule has 0 bridgehead atoms. The maximum absolute atomic E-state index is 12.1. The van der Waals surface area contributed by atoms with Gasteiger partial charge in [0.25, 0.3) is 0 Å². The second kappa shape index (κ2) is 3.01. The van der Waals surface area contributed by atoms with E-state index in [1.165, 1.54) is 7.05 Å². The van der Waals surface area contributed by atoms with E-state index in [4.69, 9.17) is 0 Å². The van der Waals surface area contributed by atoms with Crippen molar-refractivity contribution in [2.45, 2.75) is 31.5 Å². The highest BCUT2D eigenvalue weighted by molar-refractivity contribution is 4.86. The Hall–Kier alpha value is -0.250. The minimum atomic E-state index is -4.07. The summed E-state index contributed by atoms with van der Waals surface area (Å²) >= 11 is 0. The average molecular weight is 167 g/mol. The molecule has 0 saturated heterocycles. The topological polar surface area (TPSA) is 12.0 Å². The molecule has 0 radical (unpaired) electrons. The summed E-state index contributed by atoms with van der Waals surface area (Å²) < 4.78 is 36.4. The molecular formula is C7H12F3N. The quantitative estimate of drug-likeness (QED) is 0.662. The molecule has 1 fully saturated rings. The van der Waals surface area contributed by atoms with Crippen LogP contribution in [0.1, 0.15) is 19.3 Å². The summed E-state index contributed by atoms with van der Waals surface area (Å²) in [6.07, 6.45) is -1.70. The third-order valence-electron chi connectivity index (χ3n) is 2.28. The Morgan fingerprint density at radius 2 is 1.91 bits per heavy atom. The normalized spacial score (nSPS) is 22.9. The molecule has 0 spiro atoms. The van der Waals surface area contributed by atoms with Gasteiger partial charge in [-0.1, -0.05) is 6.42 Å². The number of hydrogen-bond acceptors (Lipinski definition) is 1. The van der Waals surface area contributed by atoms with Crippen LogP contribution in [0.4, 0.5) is 13.2 Å². The van der Waals surface area contributed by atoms with Crippen molar-refractivity contribution in [2.24, 2.45) is 5.92 Å². The van der Waals surface area contributed by atoms with Gasteiger partial charge in [0.2, 0.25) is 0 Å². The molecule has 1 unspecified atom stereocenters. The minimum Gasteiger partial charge on any atom is -0.309 e. The first-order valence-corrected chi connectivity index (χ1v) is 3.79. The zero-order valence-electron chi connectivity index (χ0n) is 6.41. The molecule has 0 aromatic heterocycles. The number of nitrogens with one attached hydrogen (secondary N) is 1. The number of halogens is 3. The first kappa shape index (κ1) is 8.84. The van der Waals surface area contributed by atoms with E-state index in [2.05, 4.69) is 5.32 Å². The molecule has 1 N–H and O–H groups in total. The molecule has 4 heteroatoms. The van der Waals surface area contributed by atoms with Gasteiger partial charge in [0, 0.05) is 0 Å². The highest BCUT2D eigenvalue weighted by Crippen LogP contribution is 2.36. The van der Waals surface area contributed by atoms with E-state index in [9.17, 15) is 13.2 Å². The van der Waals surface area contributed by atoms with Gasteiger partial charge < -0.3 is 5.32 Å². The SMILES string of the molecule is CNC(C1CCC1)C(F)(F)F.